The van der Waals surface area contributed by atoms with Crippen LogP contribution in [0.3, 0.4) is 0 Å². The molecule has 1 N–H and O–H groups in total. The Morgan fingerprint density at radius 2 is 1.89 bits per heavy atom. The van der Waals surface area contributed by atoms with Crippen molar-refractivity contribution in [1.29, 1.82) is 0 Å². The number of nitrogens with zero attached hydrogens (tertiary/aromatic N) is 3. The van der Waals surface area contributed by atoms with Crippen LogP contribution in [0.4, 0.5) is 11.6 Å². The monoisotopic (exact) mass is 362 g/mol. The molecular formula is C22H26N4O. The summed E-state index contributed by atoms with van der Waals surface area (Å²) in [5, 5.41) is 4.13. The van der Waals surface area contributed by atoms with Crippen molar-refractivity contribution in [1.82, 2.24) is 14.5 Å². The van der Waals surface area contributed by atoms with E-state index in [0.29, 0.717) is 17.5 Å². The lowest BCUT2D eigenvalue weighted by Gasteiger charge is -2.39. The van der Waals surface area contributed by atoms with Gasteiger partial charge in [-0.2, -0.15) is 4.98 Å². The van der Waals surface area contributed by atoms with Gasteiger partial charge in [0.15, 0.2) is 0 Å². The Bertz CT molecular complexity index is 1010. The summed E-state index contributed by atoms with van der Waals surface area (Å²) in [7, 11) is 0. The van der Waals surface area contributed by atoms with Gasteiger partial charge in [-0.3, -0.25) is 9.36 Å². The Labute approximate surface area is 159 Å². The summed E-state index contributed by atoms with van der Waals surface area (Å²) < 4.78 is 1.89. The van der Waals surface area contributed by atoms with Crippen molar-refractivity contribution in [3.63, 3.8) is 0 Å². The van der Waals surface area contributed by atoms with Crippen LogP contribution in [-0.2, 0) is 0 Å². The molecule has 2 atom stereocenters. The first-order valence-electron chi connectivity index (χ1n) is 9.62. The van der Waals surface area contributed by atoms with Gasteiger partial charge in [0.25, 0.3) is 5.56 Å². The Balaban J connectivity index is 1.78. The fraction of sp³-hybridized carbons (Fsp3) is 0.409. The quantitative estimate of drug-likeness (QED) is 0.718. The number of anilines is 2. The summed E-state index contributed by atoms with van der Waals surface area (Å²) in [5.74, 6) is 1.10. The molecule has 4 rings (SSSR count). The number of pyridine rings is 1. The van der Waals surface area contributed by atoms with Crippen molar-refractivity contribution in [2.24, 2.45) is 11.3 Å². The Morgan fingerprint density at radius 1 is 1.11 bits per heavy atom. The lowest BCUT2D eigenvalue weighted by atomic mass is 9.70. The summed E-state index contributed by atoms with van der Waals surface area (Å²) in [6.45, 7) is 6.87. The third-order valence-corrected chi connectivity index (χ3v) is 5.43. The molecule has 5 nitrogen and oxygen atoms in total. The number of aromatic nitrogens is 3. The van der Waals surface area contributed by atoms with Crippen molar-refractivity contribution in [3.05, 3.63) is 59.0 Å². The number of rotatable bonds is 3. The van der Waals surface area contributed by atoms with Gasteiger partial charge >= 0.3 is 0 Å². The zero-order valence-corrected chi connectivity index (χ0v) is 16.1. The first-order valence-corrected chi connectivity index (χ1v) is 9.62. The predicted octanol–water partition coefficient (Wildman–Crippen LogP) is 4.92. The van der Waals surface area contributed by atoms with E-state index in [4.69, 9.17) is 4.98 Å². The fourth-order valence-corrected chi connectivity index (χ4v) is 4.59. The van der Waals surface area contributed by atoms with Crippen molar-refractivity contribution in [2.75, 3.05) is 5.32 Å². The second-order valence-electron chi connectivity index (χ2n) is 8.57. The second kappa shape index (κ2) is 6.80. The summed E-state index contributed by atoms with van der Waals surface area (Å²) in [5.41, 5.74) is 1.88. The predicted molar refractivity (Wildman–Crippen MR) is 109 cm³/mol. The highest BCUT2D eigenvalue weighted by atomic mass is 16.1. The average molecular weight is 362 g/mol. The van der Waals surface area contributed by atoms with Crippen LogP contribution >= 0.6 is 0 Å². The van der Waals surface area contributed by atoms with Crippen LogP contribution in [0.1, 0.15) is 46.1 Å². The highest BCUT2D eigenvalue weighted by Gasteiger charge is 2.34. The lowest BCUT2D eigenvalue weighted by molar-refractivity contribution is 0.137. The van der Waals surface area contributed by atoms with E-state index in [1.54, 1.807) is 12.3 Å². The molecule has 1 fully saturated rings. The molecule has 0 bridgehead atoms. The van der Waals surface area contributed by atoms with E-state index < -0.39 is 0 Å². The minimum absolute atomic E-state index is 0.0155. The average Bonchev–Trinajstić information content (AvgIpc) is 2.60. The van der Waals surface area contributed by atoms with Crippen molar-refractivity contribution in [2.45, 2.75) is 46.1 Å². The van der Waals surface area contributed by atoms with E-state index in [-0.39, 0.29) is 17.0 Å². The number of para-hydroxylation sites is 1. The summed E-state index contributed by atoms with van der Waals surface area (Å²) >= 11 is 0. The van der Waals surface area contributed by atoms with Gasteiger partial charge in [-0.05, 0) is 48.8 Å². The molecule has 140 valence electrons. The molecule has 1 aromatic carbocycles. The molecular weight excluding hydrogens is 336 g/mol. The normalized spacial score (nSPS) is 21.9. The molecule has 0 saturated heterocycles. The standard InChI is InChI=1S/C22H26N4O/c1-15-11-18(13-22(2,3)12-15)26-19(27)10-9-16-14-23-21(25-20(16)26)24-17-7-5-4-6-8-17/h4-10,14-15,18H,11-13H2,1-3H3,(H,23,24,25). The van der Waals surface area contributed by atoms with E-state index in [9.17, 15) is 4.79 Å². The van der Waals surface area contributed by atoms with Gasteiger partial charge in [-0.1, -0.05) is 39.0 Å². The molecule has 0 aliphatic heterocycles. The molecule has 2 heterocycles. The van der Waals surface area contributed by atoms with Crippen molar-refractivity contribution < 1.29 is 0 Å². The zero-order valence-electron chi connectivity index (χ0n) is 16.1. The molecule has 1 aliphatic rings. The molecule has 2 aromatic heterocycles. The minimum atomic E-state index is 0.0155. The van der Waals surface area contributed by atoms with Gasteiger partial charge in [0, 0.05) is 29.4 Å². The Hall–Kier alpha value is -2.69. The smallest absolute Gasteiger partial charge is 0.252 e. The van der Waals surface area contributed by atoms with Crippen LogP contribution in [0.25, 0.3) is 11.0 Å². The number of nitrogens with one attached hydrogen (secondary N) is 1. The van der Waals surface area contributed by atoms with Gasteiger partial charge in [-0.15, -0.1) is 0 Å². The van der Waals surface area contributed by atoms with Gasteiger partial charge in [-0.25, -0.2) is 4.98 Å². The number of fused-ring (bicyclic) bond motifs is 1. The molecule has 27 heavy (non-hydrogen) atoms. The maximum Gasteiger partial charge on any atom is 0.252 e. The van der Waals surface area contributed by atoms with Crippen LogP contribution in [0, 0.1) is 11.3 Å². The molecule has 5 heteroatoms. The maximum absolute atomic E-state index is 12.8. The van der Waals surface area contributed by atoms with E-state index in [2.05, 4.69) is 31.1 Å². The van der Waals surface area contributed by atoms with Gasteiger partial charge in [0.2, 0.25) is 5.95 Å². The van der Waals surface area contributed by atoms with Crippen LogP contribution < -0.4 is 10.9 Å². The van der Waals surface area contributed by atoms with Gasteiger partial charge in [0.1, 0.15) is 5.65 Å². The number of hydrogen-bond acceptors (Lipinski definition) is 4. The molecule has 2 unspecified atom stereocenters. The van der Waals surface area contributed by atoms with E-state index in [0.717, 1.165) is 23.9 Å². The maximum atomic E-state index is 12.8. The highest BCUT2D eigenvalue weighted by Crippen LogP contribution is 2.43. The number of benzene rings is 1. The van der Waals surface area contributed by atoms with Crippen LogP contribution in [-0.4, -0.2) is 14.5 Å². The molecule has 0 spiro atoms. The van der Waals surface area contributed by atoms with Gasteiger partial charge in [0.05, 0.1) is 0 Å². The minimum Gasteiger partial charge on any atom is -0.324 e. The van der Waals surface area contributed by atoms with E-state index >= 15 is 0 Å². The van der Waals surface area contributed by atoms with Crippen molar-refractivity contribution >= 4 is 22.7 Å². The lowest BCUT2D eigenvalue weighted by Crippen LogP contribution is -2.34. The summed E-state index contributed by atoms with van der Waals surface area (Å²) in [6.07, 6.45) is 4.98. The third-order valence-electron chi connectivity index (χ3n) is 5.43. The molecule has 1 aliphatic carbocycles. The summed E-state index contributed by atoms with van der Waals surface area (Å²) in [4.78, 5) is 21.9. The largest absolute Gasteiger partial charge is 0.324 e. The first-order chi connectivity index (χ1) is 12.9. The molecule has 1 saturated carbocycles. The number of hydrogen-bond donors (Lipinski definition) is 1. The van der Waals surface area contributed by atoms with Gasteiger partial charge < -0.3 is 5.32 Å². The molecule has 3 aromatic rings. The van der Waals surface area contributed by atoms with Crippen LogP contribution in [0.15, 0.2) is 53.5 Å². The zero-order chi connectivity index (χ0) is 19.0. The highest BCUT2D eigenvalue weighted by molar-refractivity contribution is 5.75. The first kappa shape index (κ1) is 17.7. The topological polar surface area (TPSA) is 59.8 Å². The fourth-order valence-electron chi connectivity index (χ4n) is 4.59. The third kappa shape index (κ3) is 3.72. The second-order valence-corrected chi connectivity index (χ2v) is 8.57. The van der Waals surface area contributed by atoms with Crippen LogP contribution in [0.5, 0.6) is 0 Å². The Morgan fingerprint density at radius 3 is 2.63 bits per heavy atom. The van der Waals surface area contributed by atoms with E-state index in [1.807, 2.05) is 41.0 Å². The summed E-state index contributed by atoms with van der Waals surface area (Å²) in [6, 6.07) is 13.5. The molecule has 0 radical (unpaired) electrons. The molecule has 0 amide bonds. The van der Waals surface area contributed by atoms with Crippen LogP contribution in [0.2, 0.25) is 0 Å². The Kier molecular flexibility index (Phi) is 4.46. The SMILES string of the molecule is CC1CC(n2c(=O)ccc3cnc(Nc4ccccc4)nc32)CC(C)(C)C1. The van der Waals surface area contributed by atoms with Crippen molar-refractivity contribution in [3.8, 4) is 0 Å². The van der Waals surface area contributed by atoms with E-state index in [1.165, 1.54) is 6.42 Å².